The van der Waals surface area contributed by atoms with Crippen molar-refractivity contribution in [2.45, 2.75) is 58.5 Å². The molecule has 0 aliphatic heterocycles. The van der Waals surface area contributed by atoms with E-state index in [4.69, 9.17) is 16.3 Å². The Balaban J connectivity index is 1.90. The van der Waals surface area contributed by atoms with Gasteiger partial charge in [0.2, 0.25) is 5.91 Å². The average molecular weight is 600 g/mol. The van der Waals surface area contributed by atoms with Crippen molar-refractivity contribution in [3.63, 3.8) is 0 Å². The molecule has 0 aromatic heterocycles. The van der Waals surface area contributed by atoms with E-state index in [1.54, 1.807) is 11.0 Å². The van der Waals surface area contributed by atoms with Gasteiger partial charge in [0.15, 0.2) is 6.61 Å². The van der Waals surface area contributed by atoms with Crippen LogP contribution in [-0.4, -0.2) is 35.9 Å². The summed E-state index contributed by atoms with van der Waals surface area (Å²) in [5, 5.41) is 3.52. The Morgan fingerprint density at radius 2 is 1.71 bits per heavy atom. The van der Waals surface area contributed by atoms with E-state index in [0.29, 0.717) is 23.7 Å². The van der Waals surface area contributed by atoms with Gasteiger partial charge in [-0.05, 0) is 62.7 Å². The van der Waals surface area contributed by atoms with Crippen LogP contribution in [0.1, 0.15) is 50.8 Å². The van der Waals surface area contributed by atoms with Crippen molar-refractivity contribution in [2.24, 2.45) is 0 Å². The fourth-order valence-corrected chi connectivity index (χ4v) is 4.73. The minimum Gasteiger partial charge on any atom is -0.483 e. The molecule has 3 aromatic carbocycles. The Bertz CT molecular complexity index is 1230. The molecule has 0 saturated heterocycles. The summed E-state index contributed by atoms with van der Waals surface area (Å²) in [5.74, 6) is 0.0650. The lowest BCUT2D eigenvalue weighted by atomic mass is 9.87. The number of benzene rings is 3. The van der Waals surface area contributed by atoms with Crippen LogP contribution in [0.4, 0.5) is 0 Å². The normalized spacial score (nSPS) is 12.1. The van der Waals surface area contributed by atoms with Crippen molar-refractivity contribution in [3.8, 4) is 5.75 Å². The third-order valence-electron chi connectivity index (χ3n) is 6.27. The molecule has 202 valence electrons. The van der Waals surface area contributed by atoms with Gasteiger partial charge in [-0.15, -0.1) is 0 Å². The summed E-state index contributed by atoms with van der Waals surface area (Å²) in [6.07, 6.45) is 1.17. The number of halogens is 2. The van der Waals surface area contributed by atoms with Crippen molar-refractivity contribution < 1.29 is 14.3 Å². The molecule has 3 rings (SSSR count). The van der Waals surface area contributed by atoms with Crippen LogP contribution in [0, 0.1) is 0 Å². The average Bonchev–Trinajstić information content (AvgIpc) is 2.89. The summed E-state index contributed by atoms with van der Waals surface area (Å²) in [5.41, 5.74) is 2.86. The monoisotopic (exact) mass is 598 g/mol. The molecule has 0 saturated carbocycles. The molecule has 0 spiro atoms. The smallest absolute Gasteiger partial charge is 0.261 e. The largest absolute Gasteiger partial charge is 0.483 e. The second-order valence-corrected chi connectivity index (χ2v) is 11.6. The second-order valence-electron chi connectivity index (χ2n) is 10.3. The van der Waals surface area contributed by atoms with Gasteiger partial charge < -0.3 is 15.0 Å². The molecule has 7 heteroatoms. The lowest BCUT2D eigenvalue weighted by molar-refractivity contribution is -0.142. The molecule has 0 fully saturated rings. The van der Waals surface area contributed by atoms with E-state index in [1.807, 2.05) is 73.7 Å². The van der Waals surface area contributed by atoms with Crippen LogP contribution >= 0.6 is 27.5 Å². The van der Waals surface area contributed by atoms with E-state index in [2.05, 4.69) is 42.0 Å². The highest BCUT2D eigenvalue weighted by Crippen LogP contribution is 2.31. The first kappa shape index (κ1) is 29.7. The molecule has 0 heterocycles. The van der Waals surface area contributed by atoms with Gasteiger partial charge in [-0.25, -0.2) is 0 Å². The van der Waals surface area contributed by atoms with Gasteiger partial charge in [-0.1, -0.05) is 93.9 Å². The van der Waals surface area contributed by atoms with Crippen molar-refractivity contribution in [1.29, 1.82) is 0 Å². The second kappa shape index (κ2) is 13.8. The van der Waals surface area contributed by atoms with E-state index < -0.39 is 6.04 Å². The fraction of sp³-hybridized carbons (Fsp3) is 0.355. The number of rotatable bonds is 11. The lowest BCUT2D eigenvalue weighted by Gasteiger charge is -2.31. The molecule has 5 nitrogen and oxygen atoms in total. The molecular weight excluding hydrogens is 564 g/mol. The van der Waals surface area contributed by atoms with Gasteiger partial charge in [-0.2, -0.15) is 0 Å². The molecular formula is C31H36BrClN2O3. The van der Waals surface area contributed by atoms with E-state index in [9.17, 15) is 9.59 Å². The molecule has 3 aromatic rings. The molecule has 38 heavy (non-hydrogen) atoms. The Morgan fingerprint density at radius 3 is 2.34 bits per heavy atom. The van der Waals surface area contributed by atoms with Gasteiger partial charge in [0.1, 0.15) is 11.8 Å². The number of nitrogens with one attached hydrogen (secondary N) is 1. The van der Waals surface area contributed by atoms with Crippen LogP contribution in [0.5, 0.6) is 5.75 Å². The number of amides is 2. The first-order valence-corrected chi connectivity index (χ1v) is 14.0. The van der Waals surface area contributed by atoms with Crippen molar-refractivity contribution >= 4 is 39.3 Å². The molecule has 0 aliphatic carbocycles. The molecule has 1 atom stereocenters. The zero-order valence-electron chi connectivity index (χ0n) is 22.5. The molecule has 0 aliphatic rings. The highest BCUT2D eigenvalue weighted by atomic mass is 79.9. The standard InChI is InChI=1S/C31H36BrClN2O3/c1-5-17-34-30(37)27(18-22-11-7-6-8-12-22)35(20-23-13-9-10-14-26(23)33)29(36)21-38-28-16-15-24(19-25(28)32)31(2,3)4/h6-16,19,27H,5,17-18,20-21H2,1-4H3,(H,34,37)/t27-/m0/s1. The van der Waals surface area contributed by atoms with Crippen molar-refractivity contribution in [3.05, 3.63) is 99.0 Å². The number of carbonyl (C=O) groups excluding carboxylic acids is 2. The van der Waals surface area contributed by atoms with Gasteiger partial charge in [-0.3, -0.25) is 9.59 Å². The maximum absolute atomic E-state index is 13.7. The Kier molecular flexibility index (Phi) is 10.8. The summed E-state index contributed by atoms with van der Waals surface area (Å²) in [4.78, 5) is 28.7. The van der Waals surface area contributed by atoms with Gasteiger partial charge in [0, 0.05) is 24.5 Å². The molecule has 2 amide bonds. The van der Waals surface area contributed by atoms with E-state index in [0.717, 1.165) is 27.6 Å². The quantitative estimate of drug-likeness (QED) is 0.260. The van der Waals surface area contributed by atoms with Gasteiger partial charge in [0.25, 0.3) is 5.91 Å². The van der Waals surface area contributed by atoms with E-state index in [-0.39, 0.29) is 30.4 Å². The summed E-state index contributed by atoms with van der Waals surface area (Å²) in [7, 11) is 0. The predicted octanol–water partition coefficient (Wildman–Crippen LogP) is 6.95. The Morgan fingerprint density at radius 1 is 1.03 bits per heavy atom. The highest BCUT2D eigenvalue weighted by Gasteiger charge is 2.31. The first-order valence-electron chi connectivity index (χ1n) is 12.9. The first-order chi connectivity index (χ1) is 18.1. The van der Waals surface area contributed by atoms with Crippen molar-refractivity contribution in [2.75, 3.05) is 13.2 Å². The SMILES string of the molecule is CCCNC(=O)[C@H](Cc1ccccc1)N(Cc1ccccc1Cl)C(=O)COc1ccc(C(C)(C)C)cc1Br. The summed E-state index contributed by atoms with van der Waals surface area (Å²) < 4.78 is 6.75. The van der Waals surface area contributed by atoms with Crippen LogP contribution in [0.2, 0.25) is 5.02 Å². The lowest BCUT2D eigenvalue weighted by Crippen LogP contribution is -2.51. The van der Waals surface area contributed by atoms with Crippen LogP contribution in [-0.2, 0) is 28.0 Å². The topological polar surface area (TPSA) is 58.6 Å². The summed E-state index contributed by atoms with van der Waals surface area (Å²) in [6.45, 7) is 8.91. The number of carbonyl (C=O) groups is 2. The maximum Gasteiger partial charge on any atom is 0.261 e. The molecule has 0 unspecified atom stereocenters. The number of hydrogen-bond acceptors (Lipinski definition) is 3. The highest BCUT2D eigenvalue weighted by molar-refractivity contribution is 9.10. The minimum absolute atomic E-state index is 0.0148. The molecule has 0 bridgehead atoms. The van der Waals surface area contributed by atoms with E-state index >= 15 is 0 Å². The molecule has 1 N–H and O–H groups in total. The van der Waals surface area contributed by atoms with Crippen molar-refractivity contribution in [1.82, 2.24) is 10.2 Å². The number of hydrogen-bond donors (Lipinski definition) is 1. The van der Waals surface area contributed by atoms with Gasteiger partial charge >= 0.3 is 0 Å². The third-order valence-corrected chi connectivity index (χ3v) is 7.26. The predicted molar refractivity (Wildman–Crippen MR) is 158 cm³/mol. The number of nitrogens with zero attached hydrogens (tertiary/aromatic N) is 1. The van der Waals surface area contributed by atoms with Crippen LogP contribution in [0.3, 0.4) is 0 Å². The zero-order chi connectivity index (χ0) is 27.7. The van der Waals surface area contributed by atoms with Crippen LogP contribution in [0.15, 0.2) is 77.3 Å². The third kappa shape index (κ3) is 8.34. The summed E-state index contributed by atoms with van der Waals surface area (Å²) in [6, 6.07) is 22.2. The minimum atomic E-state index is -0.733. The van der Waals surface area contributed by atoms with Crippen LogP contribution in [0.25, 0.3) is 0 Å². The number of ether oxygens (including phenoxy) is 1. The summed E-state index contributed by atoms with van der Waals surface area (Å²) >= 11 is 10.1. The van der Waals surface area contributed by atoms with Crippen LogP contribution < -0.4 is 10.1 Å². The Hall–Kier alpha value is -2.83. The van der Waals surface area contributed by atoms with Gasteiger partial charge in [0.05, 0.1) is 4.47 Å². The molecule has 0 radical (unpaired) electrons. The Labute approximate surface area is 239 Å². The fourth-order valence-electron chi connectivity index (χ4n) is 4.04. The van der Waals surface area contributed by atoms with E-state index in [1.165, 1.54) is 0 Å². The maximum atomic E-state index is 13.7. The zero-order valence-corrected chi connectivity index (χ0v) is 24.8.